The lowest BCUT2D eigenvalue weighted by atomic mass is 10.0. The summed E-state index contributed by atoms with van der Waals surface area (Å²) in [7, 11) is 2.98. The maximum atomic E-state index is 11.6. The van der Waals surface area contributed by atoms with Crippen molar-refractivity contribution in [2.75, 3.05) is 7.11 Å². The van der Waals surface area contributed by atoms with Crippen LogP contribution in [-0.4, -0.2) is 17.6 Å². The molecule has 6 heteroatoms. The Balaban J connectivity index is 1.97. The third-order valence-corrected chi connectivity index (χ3v) is 4.24. The Kier molecular flexibility index (Phi) is 3.17. The van der Waals surface area contributed by atoms with Gasteiger partial charge in [-0.3, -0.25) is 9.36 Å². The second-order valence-electron chi connectivity index (χ2n) is 5.23. The van der Waals surface area contributed by atoms with Crippen molar-refractivity contribution in [2.45, 2.75) is 6.42 Å². The summed E-state index contributed by atoms with van der Waals surface area (Å²) in [6.07, 6.45) is 0.722. The van der Waals surface area contributed by atoms with E-state index in [4.69, 9.17) is 20.8 Å². The van der Waals surface area contributed by atoms with Gasteiger partial charge in [-0.1, -0.05) is 18.2 Å². The fraction of sp³-hybridized carbons (Fsp3) is 0.333. The Morgan fingerprint density at radius 3 is 2.86 bits per heavy atom. The molecule has 1 heterocycles. The number of fused-ring (bicyclic) bond motifs is 1. The number of carbonyl (C=O) groups is 1. The minimum atomic E-state index is -0.464. The lowest BCUT2D eigenvalue weighted by molar-refractivity contribution is -0.142. The number of carbonyl (C=O) groups excluding carboxylic acids is 1. The second kappa shape index (κ2) is 4.77. The van der Waals surface area contributed by atoms with E-state index in [2.05, 4.69) is 6.58 Å². The molecule has 0 saturated heterocycles. The molecule has 0 aliphatic heterocycles. The highest BCUT2D eigenvalue weighted by atomic mass is 35.5. The monoisotopic (exact) mass is 307 g/mol. The number of nitrogens with zero attached hydrogens (tertiary/aromatic N) is 1. The van der Waals surface area contributed by atoms with Gasteiger partial charge in [-0.25, -0.2) is 4.79 Å². The van der Waals surface area contributed by atoms with E-state index in [0.717, 1.165) is 17.6 Å². The van der Waals surface area contributed by atoms with Crippen molar-refractivity contribution < 1.29 is 13.9 Å². The number of allylic oxidation sites excluding steroid dienone is 1. The van der Waals surface area contributed by atoms with E-state index in [1.807, 2.05) is 0 Å². The fourth-order valence-corrected chi connectivity index (χ4v) is 2.96. The normalized spacial score (nSPS) is 20.5. The van der Waals surface area contributed by atoms with E-state index < -0.39 is 5.76 Å². The van der Waals surface area contributed by atoms with E-state index in [-0.39, 0.29) is 17.8 Å². The predicted octanol–water partition coefficient (Wildman–Crippen LogP) is 2.61. The zero-order valence-corrected chi connectivity index (χ0v) is 12.4. The first-order valence-electron chi connectivity index (χ1n) is 6.50. The number of esters is 1. The number of hydrogen-bond acceptors (Lipinski definition) is 4. The van der Waals surface area contributed by atoms with Gasteiger partial charge < -0.3 is 9.15 Å². The molecule has 0 spiro atoms. The number of methoxy groups -OCH3 is 1. The highest BCUT2D eigenvalue weighted by Gasteiger charge is 2.45. The van der Waals surface area contributed by atoms with Crippen LogP contribution in [-0.2, 0) is 16.6 Å². The topological polar surface area (TPSA) is 61.4 Å². The van der Waals surface area contributed by atoms with Crippen molar-refractivity contribution in [3.8, 4) is 0 Å². The van der Waals surface area contributed by atoms with Gasteiger partial charge in [0.05, 0.1) is 18.1 Å². The number of aryl methyl sites for hydroxylation is 1. The van der Waals surface area contributed by atoms with Crippen molar-refractivity contribution in [2.24, 2.45) is 18.9 Å². The van der Waals surface area contributed by atoms with Crippen molar-refractivity contribution in [1.82, 2.24) is 4.57 Å². The summed E-state index contributed by atoms with van der Waals surface area (Å²) in [5, 5.41) is 0.423. The molecule has 3 rings (SSSR count). The Morgan fingerprint density at radius 1 is 1.48 bits per heavy atom. The zero-order valence-electron chi connectivity index (χ0n) is 11.7. The van der Waals surface area contributed by atoms with Gasteiger partial charge in [0, 0.05) is 7.05 Å². The molecular formula is C15H14ClNO4. The van der Waals surface area contributed by atoms with E-state index in [0.29, 0.717) is 16.1 Å². The van der Waals surface area contributed by atoms with Gasteiger partial charge >= 0.3 is 11.7 Å². The minimum Gasteiger partial charge on any atom is -0.469 e. The maximum absolute atomic E-state index is 11.6. The van der Waals surface area contributed by atoms with Crippen LogP contribution in [0.4, 0.5) is 0 Å². The van der Waals surface area contributed by atoms with Crippen LogP contribution in [0.25, 0.3) is 16.7 Å². The first-order valence-corrected chi connectivity index (χ1v) is 6.88. The molecule has 1 aromatic carbocycles. The number of aromatic nitrogens is 1. The number of halogens is 1. The fourth-order valence-electron chi connectivity index (χ4n) is 2.62. The predicted molar refractivity (Wildman–Crippen MR) is 79.1 cm³/mol. The van der Waals surface area contributed by atoms with Crippen LogP contribution in [0.15, 0.2) is 27.9 Å². The number of oxazole rings is 1. The molecule has 0 N–H and O–H groups in total. The van der Waals surface area contributed by atoms with Crippen LogP contribution < -0.4 is 5.76 Å². The van der Waals surface area contributed by atoms with Gasteiger partial charge in [0.1, 0.15) is 5.52 Å². The van der Waals surface area contributed by atoms with Gasteiger partial charge in [-0.05, 0) is 35.6 Å². The summed E-state index contributed by atoms with van der Waals surface area (Å²) in [4.78, 5) is 23.0. The van der Waals surface area contributed by atoms with Crippen molar-refractivity contribution in [3.05, 3.63) is 39.8 Å². The highest BCUT2D eigenvalue weighted by Crippen LogP contribution is 2.48. The Labute approximate surface area is 125 Å². The molecule has 1 aromatic heterocycles. The van der Waals surface area contributed by atoms with Gasteiger partial charge in [0.25, 0.3) is 0 Å². The number of ether oxygens (including phenoxy) is 1. The van der Waals surface area contributed by atoms with E-state index >= 15 is 0 Å². The lowest BCUT2D eigenvalue weighted by Crippen LogP contribution is -2.08. The van der Waals surface area contributed by atoms with Gasteiger partial charge in [-0.15, -0.1) is 0 Å². The molecule has 5 nitrogen and oxygen atoms in total. The Bertz CT molecular complexity index is 817. The van der Waals surface area contributed by atoms with Gasteiger partial charge in [0.15, 0.2) is 5.58 Å². The summed E-state index contributed by atoms with van der Waals surface area (Å²) >= 11 is 6.22. The van der Waals surface area contributed by atoms with E-state index in [9.17, 15) is 9.59 Å². The standard InChI is InChI=1S/C15H14ClNO4/c1-7(9-6-10(9)14(18)20-3)8-4-11(16)13-12(5-8)21-15(19)17(13)2/h4-5,9-10H,1,6H2,2-3H3. The molecule has 1 aliphatic rings. The Hall–Kier alpha value is -2.01. The molecule has 2 aromatic rings. The van der Waals surface area contributed by atoms with Crippen LogP contribution in [0.2, 0.25) is 5.02 Å². The Morgan fingerprint density at radius 2 is 2.19 bits per heavy atom. The summed E-state index contributed by atoms with van der Waals surface area (Å²) in [6.45, 7) is 4.04. The first kappa shape index (κ1) is 13.9. The third-order valence-electron chi connectivity index (χ3n) is 3.95. The number of benzene rings is 1. The van der Waals surface area contributed by atoms with Crippen LogP contribution in [0.5, 0.6) is 0 Å². The molecule has 1 saturated carbocycles. The smallest absolute Gasteiger partial charge is 0.419 e. The average Bonchev–Trinajstić information content (AvgIpc) is 3.19. The zero-order chi connectivity index (χ0) is 15.3. The highest BCUT2D eigenvalue weighted by molar-refractivity contribution is 6.35. The van der Waals surface area contributed by atoms with Crippen LogP contribution in [0.3, 0.4) is 0 Å². The number of rotatable bonds is 3. The average molecular weight is 308 g/mol. The molecule has 1 aliphatic carbocycles. The summed E-state index contributed by atoms with van der Waals surface area (Å²) in [5.74, 6) is -0.769. The van der Waals surface area contributed by atoms with Gasteiger partial charge in [-0.2, -0.15) is 0 Å². The lowest BCUT2D eigenvalue weighted by Gasteiger charge is -2.06. The first-order chi connectivity index (χ1) is 9.93. The van der Waals surface area contributed by atoms with E-state index in [1.54, 1.807) is 19.2 Å². The molecule has 0 bridgehead atoms. The van der Waals surface area contributed by atoms with E-state index in [1.165, 1.54) is 11.7 Å². The van der Waals surface area contributed by atoms with Crippen molar-refractivity contribution in [3.63, 3.8) is 0 Å². The van der Waals surface area contributed by atoms with Crippen LogP contribution in [0, 0.1) is 11.8 Å². The van der Waals surface area contributed by atoms with Crippen molar-refractivity contribution in [1.29, 1.82) is 0 Å². The second-order valence-corrected chi connectivity index (χ2v) is 5.64. The molecule has 21 heavy (non-hydrogen) atoms. The molecule has 0 amide bonds. The molecular weight excluding hydrogens is 294 g/mol. The largest absolute Gasteiger partial charge is 0.469 e. The molecule has 2 unspecified atom stereocenters. The molecule has 110 valence electrons. The summed E-state index contributed by atoms with van der Waals surface area (Å²) < 4.78 is 11.3. The quantitative estimate of drug-likeness (QED) is 0.818. The SMILES string of the molecule is C=C(c1cc(Cl)c2c(c1)oc(=O)n2C)C1CC1C(=O)OC. The van der Waals surface area contributed by atoms with Crippen LogP contribution >= 0.6 is 11.6 Å². The third kappa shape index (κ3) is 2.17. The maximum Gasteiger partial charge on any atom is 0.419 e. The van der Waals surface area contributed by atoms with Crippen molar-refractivity contribution >= 4 is 34.2 Å². The van der Waals surface area contributed by atoms with Gasteiger partial charge in [0.2, 0.25) is 0 Å². The molecule has 0 radical (unpaired) electrons. The molecule has 1 fully saturated rings. The summed E-state index contributed by atoms with van der Waals surface area (Å²) in [6, 6.07) is 3.48. The summed E-state index contributed by atoms with van der Waals surface area (Å²) in [5.41, 5.74) is 2.55. The van der Waals surface area contributed by atoms with Crippen LogP contribution in [0.1, 0.15) is 12.0 Å². The number of hydrogen-bond donors (Lipinski definition) is 0. The minimum absolute atomic E-state index is 0.0569. The molecule has 2 atom stereocenters.